The summed E-state index contributed by atoms with van der Waals surface area (Å²) in [7, 11) is 0. The molecule has 0 saturated heterocycles. The molecular weight excluding hydrogens is 330 g/mol. The van der Waals surface area contributed by atoms with Crippen LogP contribution in [0, 0.1) is 0 Å². The van der Waals surface area contributed by atoms with Gasteiger partial charge in [0, 0.05) is 10.6 Å². The van der Waals surface area contributed by atoms with E-state index in [2.05, 4.69) is 27.6 Å². The number of halogens is 1. The molecule has 4 nitrogen and oxygen atoms in total. The van der Waals surface area contributed by atoms with Crippen molar-refractivity contribution in [1.29, 1.82) is 0 Å². The number of hydrogen-bond acceptors (Lipinski definition) is 3. The van der Waals surface area contributed by atoms with Crippen molar-refractivity contribution in [2.24, 2.45) is 0 Å². The van der Waals surface area contributed by atoms with Crippen molar-refractivity contribution in [2.75, 3.05) is 0 Å². The largest absolute Gasteiger partial charge is 0.494 e. The van der Waals surface area contributed by atoms with E-state index in [4.69, 9.17) is 11.6 Å². The van der Waals surface area contributed by atoms with E-state index in [1.54, 1.807) is 6.33 Å². The van der Waals surface area contributed by atoms with Gasteiger partial charge in [0.1, 0.15) is 0 Å². The summed E-state index contributed by atoms with van der Waals surface area (Å²) in [4.78, 5) is 10.2. The topological polar surface area (TPSA) is 64.7 Å². The number of rotatable bonds is 2. The third-order valence-corrected chi connectivity index (χ3v) is 4.39. The third kappa shape index (κ3) is 2.38. The van der Waals surface area contributed by atoms with Crippen molar-refractivity contribution in [3.05, 3.63) is 53.8 Å². The van der Waals surface area contributed by atoms with E-state index in [0.29, 0.717) is 15.6 Å². The zero-order chi connectivity index (χ0) is 16.0. The Labute approximate surface area is 142 Å². The highest BCUT2D eigenvalue weighted by Gasteiger charge is 2.19. The monoisotopic (exact) mass is 341 g/mol. The molecule has 4 rings (SSSR count). The Bertz CT molecular complexity index is 1000. The molecule has 23 heavy (non-hydrogen) atoms. The Balaban J connectivity index is 1.96. The number of aromatic amines is 2. The number of nitrogens with one attached hydrogen (secondary N) is 2. The summed E-state index contributed by atoms with van der Waals surface area (Å²) in [6.07, 6.45) is 1.65. The second kappa shape index (κ2) is 5.37. The number of hydrogen-bond donors (Lipinski definition) is 4. The Morgan fingerprint density at radius 1 is 1.00 bits per heavy atom. The molecule has 0 spiro atoms. The van der Waals surface area contributed by atoms with E-state index < -0.39 is 0 Å². The number of fused-ring (bicyclic) bond motifs is 1. The van der Waals surface area contributed by atoms with Crippen LogP contribution in [-0.2, 0) is 0 Å². The minimum atomic E-state index is 0.0822. The summed E-state index contributed by atoms with van der Waals surface area (Å²) in [5, 5.41) is 11.6. The van der Waals surface area contributed by atoms with Gasteiger partial charge in [-0.2, -0.15) is 0 Å². The van der Waals surface area contributed by atoms with Crippen LogP contribution in [0.1, 0.15) is 0 Å². The Morgan fingerprint density at radius 3 is 2.52 bits per heavy atom. The highest BCUT2D eigenvalue weighted by molar-refractivity contribution is 7.80. The molecule has 2 aromatic heterocycles. The van der Waals surface area contributed by atoms with Crippen molar-refractivity contribution in [2.45, 2.75) is 5.03 Å². The second-order valence-corrected chi connectivity index (χ2v) is 6.10. The zero-order valence-electron chi connectivity index (χ0n) is 11.8. The number of aromatic hydroxyl groups is 1. The smallest absolute Gasteiger partial charge is 0.197 e. The van der Waals surface area contributed by atoms with Crippen molar-refractivity contribution < 1.29 is 5.11 Å². The van der Waals surface area contributed by atoms with E-state index in [1.807, 2.05) is 42.5 Å². The first-order valence-electron chi connectivity index (χ1n) is 6.97. The van der Waals surface area contributed by atoms with E-state index >= 15 is 0 Å². The first kappa shape index (κ1) is 14.2. The molecule has 0 aliphatic heterocycles. The predicted octanol–water partition coefficient (Wildman–Crippen LogP) is 4.87. The highest BCUT2D eigenvalue weighted by atomic mass is 35.5. The zero-order valence-corrected chi connectivity index (χ0v) is 13.5. The van der Waals surface area contributed by atoms with E-state index in [1.165, 1.54) is 0 Å². The molecule has 3 N–H and O–H groups in total. The van der Waals surface area contributed by atoms with Crippen molar-refractivity contribution in [3.8, 4) is 28.1 Å². The molecule has 0 atom stereocenters. The van der Waals surface area contributed by atoms with Crippen LogP contribution in [-0.4, -0.2) is 20.1 Å². The van der Waals surface area contributed by atoms with Crippen molar-refractivity contribution in [3.63, 3.8) is 0 Å². The first-order valence-corrected chi connectivity index (χ1v) is 7.79. The number of thiol groups is 1. The number of aromatic nitrogens is 3. The number of H-pyrrole nitrogens is 2. The standard InChI is InChI=1S/C17H12ClN3OS/c18-11-4-1-9(2-5-11)15-14(16(22)21-17(15)23)10-3-6-12-13(7-10)20-8-19-12/h1-8,21-23H,(H,19,20). The van der Waals surface area contributed by atoms with Gasteiger partial charge in [0.15, 0.2) is 5.88 Å². The van der Waals surface area contributed by atoms with Crippen LogP contribution in [0.3, 0.4) is 0 Å². The van der Waals surface area contributed by atoms with Gasteiger partial charge in [-0.15, -0.1) is 12.6 Å². The molecule has 0 aliphatic carbocycles. The van der Waals surface area contributed by atoms with Gasteiger partial charge >= 0.3 is 0 Å². The van der Waals surface area contributed by atoms with Gasteiger partial charge in [0.05, 0.1) is 28.0 Å². The Kier molecular flexibility index (Phi) is 3.32. The summed E-state index contributed by atoms with van der Waals surface area (Å²) >= 11 is 10.4. The summed E-state index contributed by atoms with van der Waals surface area (Å²) in [6, 6.07) is 13.2. The Hall–Kier alpha value is -2.37. The van der Waals surface area contributed by atoms with Gasteiger partial charge in [-0.3, -0.25) is 0 Å². The SMILES string of the molecule is Oc1[nH]c(S)c(-c2ccc(Cl)cc2)c1-c1ccc2nc[nH]c2c1. The van der Waals surface area contributed by atoms with Gasteiger partial charge in [-0.25, -0.2) is 4.98 Å². The first-order chi connectivity index (χ1) is 11.1. The average Bonchev–Trinajstić information content (AvgIpc) is 3.11. The molecule has 0 radical (unpaired) electrons. The van der Waals surface area contributed by atoms with Gasteiger partial charge in [-0.1, -0.05) is 29.8 Å². The second-order valence-electron chi connectivity index (χ2n) is 5.21. The fraction of sp³-hybridized carbons (Fsp3) is 0. The van der Waals surface area contributed by atoms with Crippen LogP contribution in [0.15, 0.2) is 53.8 Å². The molecule has 0 aliphatic rings. The molecule has 0 saturated carbocycles. The molecule has 0 fully saturated rings. The van der Waals surface area contributed by atoms with Gasteiger partial charge in [-0.05, 0) is 35.4 Å². The number of benzene rings is 2. The maximum absolute atomic E-state index is 10.3. The number of nitrogens with zero attached hydrogens (tertiary/aromatic N) is 1. The van der Waals surface area contributed by atoms with E-state index in [0.717, 1.165) is 27.7 Å². The highest BCUT2D eigenvalue weighted by Crippen LogP contribution is 2.43. The van der Waals surface area contributed by atoms with Crippen LogP contribution in [0.4, 0.5) is 0 Å². The summed E-state index contributed by atoms with van der Waals surface area (Å²) < 4.78 is 0. The van der Waals surface area contributed by atoms with Crippen LogP contribution in [0.2, 0.25) is 5.02 Å². The van der Waals surface area contributed by atoms with Crippen molar-refractivity contribution >= 4 is 35.3 Å². The van der Waals surface area contributed by atoms with Gasteiger partial charge < -0.3 is 15.1 Å². The maximum Gasteiger partial charge on any atom is 0.197 e. The number of imidazole rings is 1. The normalized spacial score (nSPS) is 11.2. The van der Waals surface area contributed by atoms with E-state index in [-0.39, 0.29) is 5.88 Å². The van der Waals surface area contributed by atoms with Gasteiger partial charge in [0.25, 0.3) is 0 Å². The molecule has 2 aromatic carbocycles. The maximum atomic E-state index is 10.3. The lowest BCUT2D eigenvalue weighted by molar-refractivity contribution is 0.456. The quantitative estimate of drug-likeness (QED) is 0.393. The molecule has 114 valence electrons. The summed E-state index contributed by atoms with van der Waals surface area (Å²) in [5.41, 5.74) is 5.13. The summed E-state index contributed by atoms with van der Waals surface area (Å²) in [5.74, 6) is 0.0822. The Morgan fingerprint density at radius 2 is 1.74 bits per heavy atom. The van der Waals surface area contributed by atoms with Crippen LogP contribution in [0.25, 0.3) is 33.3 Å². The van der Waals surface area contributed by atoms with Crippen molar-refractivity contribution in [1.82, 2.24) is 15.0 Å². The summed E-state index contributed by atoms with van der Waals surface area (Å²) in [6.45, 7) is 0. The van der Waals surface area contributed by atoms with Crippen LogP contribution in [0.5, 0.6) is 5.88 Å². The molecule has 0 unspecified atom stereocenters. The third-order valence-electron chi connectivity index (χ3n) is 3.80. The molecule has 2 heterocycles. The van der Waals surface area contributed by atoms with Crippen LogP contribution >= 0.6 is 24.2 Å². The molecule has 6 heteroatoms. The average molecular weight is 342 g/mol. The minimum Gasteiger partial charge on any atom is -0.494 e. The predicted molar refractivity (Wildman–Crippen MR) is 95.2 cm³/mol. The van der Waals surface area contributed by atoms with Gasteiger partial charge in [0.2, 0.25) is 0 Å². The molecular formula is C17H12ClN3OS. The lowest BCUT2D eigenvalue weighted by atomic mass is 9.98. The molecule has 0 amide bonds. The fourth-order valence-electron chi connectivity index (χ4n) is 2.74. The lowest BCUT2D eigenvalue weighted by Gasteiger charge is -2.07. The molecule has 0 bridgehead atoms. The van der Waals surface area contributed by atoms with Crippen LogP contribution < -0.4 is 0 Å². The minimum absolute atomic E-state index is 0.0822. The van der Waals surface area contributed by atoms with E-state index in [9.17, 15) is 5.11 Å². The molecule has 4 aromatic rings. The lowest BCUT2D eigenvalue weighted by Crippen LogP contribution is -1.83. The fourth-order valence-corrected chi connectivity index (χ4v) is 3.22.